The lowest BCUT2D eigenvalue weighted by Crippen LogP contribution is -2.12. The number of thioether (sulfide) groups is 1. The Bertz CT molecular complexity index is 1120. The third-order valence-corrected chi connectivity index (χ3v) is 5.44. The molecule has 0 spiro atoms. The normalized spacial score (nSPS) is 10.5. The van der Waals surface area contributed by atoms with Crippen molar-refractivity contribution >= 4 is 46.3 Å². The fraction of sp³-hybridized carbons (Fsp3) is 0.125. The summed E-state index contributed by atoms with van der Waals surface area (Å²) in [6.07, 6.45) is 3.51. The van der Waals surface area contributed by atoms with Gasteiger partial charge in [-0.25, -0.2) is 9.37 Å². The fourth-order valence-electron chi connectivity index (χ4n) is 2.94. The standard InChI is InChI=1S/C24H24ClFN4OS/c1-15(20-7-6-19(32-3)13-23(20)31-11-10-27)29-22-8-5-18(26)12-21(22)16(2)30-24-9-4-17(25)14-28-24/h4-9,12-14,29H,1-2,10-11,27H2,3H3,(H,28,30). The molecule has 2 aromatic carbocycles. The fourth-order valence-corrected chi connectivity index (χ4v) is 3.48. The van der Waals surface area contributed by atoms with Crippen LogP contribution in [-0.4, -0.2) is 24.4 Å². The Morgan fingerprint density at radius 2 is 1.88 bits per heavy atom. The van der Waals surface area contributed by atoms with Crippen molar-refractivity contribution in [3.63, 3.8) is 0 Å². The van der Waals surface area contributed by atoms with Crippen molar-refractivity contribution in [1.82, 2.24) is 4.98 Å². The van der Waals surface area contributed by atoms with Crippen LogP contribution in [0.1, 0.15) is 11.1 Å². The molecule has 0 saturated heterocycles. The monoisotopic (exact) mass is 470 g/mol. The van der Waals surface area contributed by atoms with Crippen LogP contribution in [0.5, 0.6) is 5.75 Å². The Morgan fingerprint density at radius 1 is 1.09 bits per heavy atom. The van der Waals surface area contributed by atoms with E-state index in [1.165, 1.54) is 18.3 Å². The zero-order chi connectivity index (χ0) is 23.1. The number of halogens is 2. The molecule has 1 aromatic heterocycles. The highest BCUT2D eigenvalue weighted by Crippen LogP contribution is 2.33. The first-order valence-electron chi connectivity index (χ1n) is 9.76. The number of nitrogens with zero attached hydrogens (tertiary/aromatic N) is 1. The highest BCUT2D eigenvalue weighted by Gasteiger charge is 2.13. The van der Waals surface area contributed by atoms with Crippen LogP contribution in [0.4, 0.5) is 15.9 Å². The van der Waals surface area contributed by atoms with E-state index in [0.29, 0.717) is 52.4 Å². The third-order valence-electron chi connectivity index (χ3n) is 4.49. The van der Waals surface area contributed by atoms with Crippen LogP contribution >= 0.6 is 23.4 Å². The molecule has 3 aromatic rings. The Labute approximate surface area is 196 Å². The summed E-state index contributed by atoms with van der Waals surface area (Å²) in [4.78, 5) is 5.26. The van der Waals surface area contributed by atoms with Crippen LogP contribution in [0.3, 0.4) is 0 Å². The van der Waals surface area contributed by atoms with Gasteiger partial charge in [-0.1, -0.05) is 24.8 Å². The number of ether oxygens (including phenoxy) is 1. The van der Waals surface area contributed by atoms with Crippen LogP contribution in [0, 0.1) is 5.82 Å². The van der Waals surface area contributed by atoms with Crippen molar-refractivity contribution in [2.24, 2.45) is 5.73 Å². The SMILES string of the molecule is C=C(Nc1ccc(Cl)cn1)c1cc(F)ccc1NC(=C)c1ccc(SC)cc1OCCN. The second-order valence-corrected chi connectivity index (χ2v) is 8.07. The molecule has 0 aliphatic rings. The van der Waals surface area contributed by atoms with Crippen LogP contribution in [0.15, 0.2) is 72.8 Å². The summed E-state index contributed by atoms with van der Waals surface area (Å²) in [5.74, 6) is 0.823. The zero-order valence-electron chi connectivity index (χ0n) is 17.6. The van der Waals surface area contributed by atoms with E-state index in [9.17, 15) is 4.39 Å². The lowest BCUT2D eigenvalue weighted by molar-refractivity contribution is 0.326. The molecule has 8 heteroatoms. The number of benzene rings is 2. The first kappa shape index (κ1) is 23.7. The van der Waals surface area contributed by atoms with Crippen molar-refractivity contribution in [2.45, 2.75) is 4.90 Å². The summed E-state index contributed by atoms with van der Waals surface area (Å²) in [7, 11) is 0. The van der Waals surface area contributed by atoms with Crippen LogP contribution in [0.2, 0.25) is 5.02 Å². The lowest BCUT2D eigenvalue weighted by atomic mass is 10.1. The van der Waals surface area contributed by atoms with Gasteiger partial charge in [-0.3, -0.25) is 0 Å². The molecule has 0 atom stereocenters. The average molecular weight is 471 g/mol. The van der Waals surface area contributed by atoms with Gasteiger partial charge in [0.05, 0.1) is 5.02 Å². The van der Waals surface area contributed by atoms with Crippen LogP contribution in [-0.2, 0) is 0 Å². The third kappa shape index (κ3) is 6.03. The largest absolute Gasteiger partial charge is 0.492 e. The predicted molar refractivity (Wildman–Crippen MR) is 134 cm³/mol. The van der Waals surface area contributed by atoms with E-state index in [1.807, 2.05) is 24.5 Å². The lowest BCUT2D eigenvalue weighted by Gasteiger charge is -2.19. The van der Waals surface area contributed by atoms with Crippen molar-refractivity contribution in [1.29, 1.82) is 0 Å². The van der Waals surface area contributed by atoms with Crippen LogP contribution in [0.25, 0.3) is 11.4 Å². The predicted octanol–water partition coefficient (Wildman–Crippen LogP) is 6.10. The molecular weight excluding hydrogens is 447 g/mol. The molecule has 0 fully saturated rings. The molecule has 0 bridgehead atoms. The van der Waals surface area contributed by atoms with Crippen molar-refractivity contribution in [3.8, 4) is 5.75 Å². The molecule has 0 unspecified atom stereocenters. The minimum Gasteiger partial charge on any atom is -0.492 e. The van der Waals surface area contributed by atoms with E-state index in [0.717, 1.165) is 10.5 Å². The highest BCUT2D eigenvalue weighted by molar-refractivity contribution is 7.98. The van der Waals surface area contributed by atoms with Gasteiger partial charge in [-0.15, -0.1) is 11.8 Å². The van der Waals surface area contributed by atoms with Gasteiger partial charge in [-0.2, -0.15) is 0 Å². The minimum absolute atomic E-state index is 0.384. The Hall–Kier alpha value is -3.00. The highest BCUT2D eigenvalue weighted by atomic mass is 35.5. The first-order valence-corrected chi connectivity index (χ1v) is 11.4. The molecule has 0 saturated carbocycles. The number of nitrogens with two attached hydrogens (primary N) is 1. The number of hydrogen-bond acceptors (Lipinski definition) is 6. The molecule has 3 rings (SSSR count). The summed E-state index contributed by atoms with van der Waals surface area (Å²) in [6, 6.07) is 13.7. The molecule has 0 aliphatic carbocycles. The minimum atomic E-state index is -0.389. The second kappa shape index (κ2) is 11.0. The topological polar surface area (TPSA) is 72.2 Å². The summed E-state index contributed by atoms with van der Waals surface area (Å²) in [5, 5.41) is 6.86. The second-order valence-electron chi connectivity index (χ2n) is 6.76. The van der Waals surface area contributed by atoms with Gasteiger partial charge in [0, 0.05) is 45.8 Å². The maximum atomic E-state index is 14.1. The van der Waals surface area contributed by atoms with Gasteiger partial charge >= 0.3 is 0 Å². The average Bonchev–Trinajstić information content (AvgIpc) is 2.80. The summed E-state index contributed by atoms with van der Waals surface area (Å²) >= 11 is 7.50. The Kier molecular flexibility index (Phi) is 8.16. The first-order chi connectivity index (χ1) is 15.4. The van der Waals surface area contributed by atoms with Crippen molar-refractivity contribution in [2.75, 3.05) is 30.0 Å². The van der Waals surface area contributed by atoms with Crippen molar-refractivity contribution < 1.29 is 9.13 Å². The van der Waals surface area contributed by atoms with E-state index in [4.69, 9.17) is 22.1 Å². The summed E-state index contributed by atoms with van der Waals surface area (Å²) < 4.78 is 19.9. The maximum absolute atomic E-state index is 14.1. The maximum Gasteiger partial charge on any atom is 0.130 e. The van der Waals surface area contributed by atoms with E-state index in [2.05, 4.69) is 28.8 Å². The van der Waals surface area contributed by atoms with Gasteiger partial charge in [-0.05, 0) is 54.8 Å². The van der Waals surface area contributed by atoms with Gasteiger partial charge in [0.25, 0.3) is 0 Å². The summed E-state index contributed by atoms with van der Waals surface area (Å²) in [5.41, 5.74) is 8.60. The quantitative estimate of drug-likeness (QED) is 0.311. The van der Waals surface area contributed by atoms with E-state index >= 15 is 0 Å². The smallest absolute Gasteiger partial charge is 0.130 e. The molecule has 32 heavy (non-hydrogen) atoms. The number of nitrogens with one attached hydrogen (secondary N) is 2. The molecule has 4 N–H and O–H groups in total. The molecule has 5 nitrogen and oxygen atoms in total. The van der Waals surface area contributed by atoms with E-state index in [1.54, 1.807) is 30.0 Å². The Balaban J connectivity index is 1.87. The molecular formula is C24H24ClFN4OS. The van der Waals surface area contributed by atoms with E-state index < -0.39 is 0 Å². The molecule has 166 valence electrons. The zero-order valence-corrected chi connectivity index (χ0v) is 19.2. The summed E-state index contributed by atoms with van der Waals surface area (Å²) in [6.45, 7) is 8.99. The number of anilines is 2. The Morgan fingerprint density at radius 3 is 2.56 bits per heavy atom. The number of hydrogen-bond donors (Lipinski definition) is 3. The number of pyridine rings is 1. The molecule has 0 amide bonds. The van der Waals surface area contributed by atoms with Crippen LogP contribution < -0.4 is 21.1 Å². The van der Waals surface area contributed by atoms with Gasteiger partial charge in [0.1, 0.15) is 24.0 Å². The number of rotatable bonds is 10. The number of aromatic nitrogens is 1. The van der Waals surface area contributed by atoms with Gasteiger partial charge in [0.15, 0.2) is 0 Å². The van der Waals surface area contributed by atoms with Crippen molar-refractivity contribution in [3.05, 3.63) is 89.9 Å². The van der Waals surface area contributed by atoms with Gasteiger partial charge in [0.2, 0.25) is 0 Å². The molecule has 1 heterocycles. The van der Waals surface area contributed by atoms with E-state index in [-0.39, 0.29) is 5.82 Å². The molecule has 0 radical (unpaired) electrons. The molecule has 0 aliphatic heterocycles. The van der Waals surface area contributed by atoms with Gasteiger partial charge < -0.3 is 21.1 Å².